The van der Waals surface area contributed by atoms with E-state index in [1.165, 1.54) is 0 Å². The average molecular weight is 198 g/mol. The van der Waals surface area contributed by atoms with Crippen LogP contribution in [-0.2, 0) is 27.4 Å². The van der Waals surface area contributed by atoms with Crippen LogP contribution in [0.4, 0.5) is 0 Å². The van der Waals surface area contributed by atoms with Crippen LogP contribution in [0.3, 0.4) is 0 Å². The minimum atomic E-state index is -4.11. The summed E-state index contributed by atoms with van der Waals surface area (Å²) >= 11 is -4.11. The molecule has 0 aromatic heterocycles. The Morgan fingerprint density at radius 3 is 0.714 bits per heavy atom. The monoisotopic (exact) mass is 200 g/mol. The van der Waals surface area contributed by atoms with Crippen LogP contribution in [0.25, 0.3) is 0 Å². The van der Waals surface area contributed by atoms with Crippen molar-refractivity contribution < 1.29 is 43.8 Å². The first-order valence-electron chi connectivity index (χ1n) is 0.500. The molecule has 0 aliphatic heterocycles. The van der Waals surface area contributed by atoms with Crippen LogP contribution in [0, 0.1) is 0 Å². The van der Waals surface area contributed by atoms with E-state index >= 15 is 0 Å². The molecule has 0 unspecified atom stereocenters. The normalized spacial score (nSPS) is 3.43. The summed E-state index contributed by atoms with van der Waals surface area (Å²) in [6, 6.07) is 0. The van der Waals surface area contributed by atoms with Crippen molar-refractivity contribution in [2.45, 2.75) is 0 Å². The Bertz CT molecular complexity index is 73.6. The Labute approximate surface area is 44.5 Å². The van der Waals surface area contributed by atoms with Crippen molar-refractivity contribution >= 4 is 0 Å². The number of hydrogen-bond donors (Lipinski definition) is 0. The first-order valence-corrected chi connectivity index (χ1v) is 2.96. The zero-order valence-electron chi connectivity index (χ0n) is 3.13. The molecule has 0 atom stereocenters. The Kier molecular flexibility index (Phi) is 67.3. The molecule has 0 aliphatic rings. The van der Waals surface area contributed by atoms with Gasteiger partial charge >= 0.3 is 27.4 Å². The van der Waals surface area contributed by atoms with Gasteiger partial charge in [0.05, 0.1) is 0 Å². The van der Waals surface area contributed by atoms with Crippen LogP contribution in [0.1, 0.15) is 0 Å². The Morgan fingerprint density at radius 1 is 0.714 bits per heavy atom. The summed E-state index contributed by atoms with van der Waals surface area (Å²) in [5, 5.41) is 0. The first kappa shape index (κ1) is 28.2. The van der Waals surface area contributed by atoms with Gasteiger partial charge in [-0.2, -0.15) is 0 Å². The third kappa shape index (κ3) is 93600. The molecule has 6 nitrogen and oxygen atoms in total. The predicted octanol–water partition coefficient (Wildman–Crippen LogP) is -2.83. The van der Waals surface area contributed by atoms with Crippen LogP contribution in [0.2, 0.25) is 0 Å². The maximum absolute atomic E-state index is 8.59. The van der Waals surface area contributed by atoms with Gasteiger partial charge in [-0.3, -0.25) is 0 Å². The van der Waals surface area contributed by atoms with E-state index in [0.29, 0.717) is 0 Å². The Balaban J connectivity index is -0.0000000150. The maximum atomic E-state index is 8.59. The van der Waals surface area contributed by atoms with E-state index in [2.05, 4.69) is 0 Å². The Hall–Kier alpha value is -0.0317. The molecular formula is H6MoO6. The van der Waals surface area contributed by atoms with Gasteiger partial charge in [0.15, 0.2) is 0 Å². The van der Waals surface area contributed by atoms with E-state index < -0.39 is 17.2 Å². The van der Waals surface area contributed by atoms with Gasteiger partial charge in [-0.15, -0.1) is 0 Å². The summed E-state index contributed by atoms with van der Waals surface area (Å²) < 4.78 is 25.8. The van der Waals surface area contributed by atoms with Crippen molar-refractivity contribution in [3.63, 3.8) is 0 Å². The summed E-state index contributed by atoms with van der Waals surface area (Å²) in [6.45, 7) is 0. The zero-order chi connectivity index (χ0) is 3.58. The third-order valence-corrected chi connectivity index (χ3v) is 0. The van der Waals surface area contributed by atoms with Gasteiger partial charge in [-0.05, 0) is 0 Å². The van der Waals surface area contributed by atoms with Gasteiger partial charge in [-0.25, -0.2) is 0 Å². The summed E-state index contributed by atoms with van der Waals surface area (Å²) in [4.78, 5) is 0. The topological polar surface area (TPSA) is 146 Å². The molecule has 0 heterocycles. The molecule has 7 heteroatoms. The second-order valence-electron chi connectivity index (χ2n) is 0.204. The quantitative estimate of drug-likeness (QED) is 0.386. The molecule has 0 saturated heterocycles. The molecule has 7 heavy (non-hydrogen) atoms. The van der Waals surface area contributed by atoms with Crippen molar-refractivity contribution in [3.8, 4) is 0 Å². The molecule has 0 aromatic rings. The average Bonchev–Trinajstić information content (AvgIpc) is 0.811. The molecule has 0 bridgehead atoms. The van der Waals surface area contributed by atoms with Crippen molar-refractivity contribution in [1.82, 2.24) is 0 Å². The summed E-state index contributed by atoms with van der Waals surface area (Å²) in [5.74, 6) is 0. The van der Waals surface area contributed by atoms with E-state index in [4.69, 9.17) is 10.2 Å². The van der Waals surface area contributed by atoms with Crippen LogP contribution in [0.15, 0.2) is 0 Å². The van der Waals surface area contributed by atoms with Crippen molar-refractivity contribution in [1.29, 1.82) is 0 Å². The predicted molar refractivity (Wildman–Crippen MR) is 12.9 cm³/mol. The molecule has 0 fully saturated rings. The molecule has 6 N–H and O–H groups in total. The van der Waals surface area contributed by atoms with Crippen LogP contribution < -0.4 is 0 Å². The summed E-state index contributed by atoms with van der Waals surface area (Å²) in [7, 11) is 0. The molecule has 0 amide bonds. The van der Waals surface area contributed by atoms with Gasteiger partial charge in [0.25, 0.3) is 0 Å². The van der Waals surface area contributed by atoms with E-state index in [1.54, 1.807) is 0 Å². The number of rotatable bonds is 0. The fourth-order valence-corrected chi connectivity index (χ4v) is 0. The molecule has 0 aromatic carbocycles. The van der Waals surface area contributed by atoms with Crippen molar-refractivity contribution in [2.24, 2.45) is 0 Å². The molecule has 0 saturated carbocycles. The Morgan fingerprint density at radius 2 is 0.714 bits per heavy atom. The first-order chi connectivity index (χ1) is 1.73. The molecule has 0 spiro atoms. The van der Waals surface area contributed by atoms with E-state index in [9.17, 15) is 0 Å². The van der Waals surface area contributed by atoms with Gasteiger partial charge in [-0.1, -0.05) is 0 Å². The molecule has 0 rings (SSSR count). The van der Waals surface area contributed by atoms with Crippen molar-refractivity contribution in [2.75, 3.05) is 0 Å². The minimum absolute atomic E-state index is 0. The summed E-state index contributed by atoms with van der Waals surface area (Å²) in [6.07, 6.45) is 0. The standard InChI is InChI=1S/Mo.3H2O.3O/h;3*1H2;;;. The third-order valence-electron chi connectivity index (χ3n) is 0. The van der Waals surface area contributed by atoms with E-state index in [0.717, 1.165) is 0 Å². The molecule has 0 radical (unpaired) electrons. The second kappa shape index (κ2) is 16.7. The van der Waals surface area contributed by atoms with E-state index in [-0.39, 0.29) is 16.4 Å². The molecule has 48 valence electrons. The second-order valence-corrected chi connectivity index (χ2v) is 1.21. The molecular weight excluding hydrogens is 192 g/mol. The molecule has 0 aliphatic carbocycles. The fourth-order valence-electron chi connectivity index (χ4n) is 0. The fraction of sp³-hybridized carbons (Fsp3) is 0. The SMILES string of the molecule is O.O.O.[O]=[Mo](=[O])=[O]. The van der Waals surface area contributed by atoms with Crippen LogP contribution in [-0.4, -0.2) is 16.4 Å². The van der Waals surface area contributed by atoms with Crippen LogP contribution >= 0.6 is 0 Å². The van der Waals surface area contributed by atoms with Gasteiger partial charge in [0, 0.05) is 0 Å². The zero-order valence-corrected chi connectivity index (χ0v) is 5.14. The van der Waals surface area contributed by atoms with Crippen molar-refractivity contribution in [3.05, 3.63) is 0 Å². The van der Waals surface area contributed by atoms with Gasteiger partial charge in [0.1, 0.15) is 0 Å². The van der Waals surface area contributed by atoms with Gasteiger partial charge < -0.3 is 16.4 Å². The van der Waals surface area contributed by atoms with Crippen LogP contribution in [0.5, 0.6) is 0 Å². The van der Waals surface area contributed by atoms with E-state index in [1.807, 2.05) is 0 Å². The number of hydrogen-bond acceptors (Lipinski definition) is 3. The van der Waals surface area contributed by atoms with Gasteiger partial charge in [0.2, 0.25) is 0 Å². The summed E-state index contributed by atoms with van der Waals surface area (Å²) in [5.41, 5.74) is 0.